The van der Waals surface area contributed by atoms with E-state index in [4.69, 9.17) is 4.74 Å². The first-order chi connectivity index (χ1) is 19.0. The molecule has 8 heteroatoms. The Labute approximate surface area is 226 Å². The van der Waals surface area contributed by atoms with Crippen molar-refractivity contribution in [1.29, 1.82) is 0 Å². The first-order valence-corrected chi connectivity index (χ1v) is 13.2. The summed E-state index contributed by atoms with van der Waals surface area (Å²) in [4.78, 5) is 45.1. The van der Waals surface area contributed by atoms with Crippen molar-refractivity contribution in [1.82, 2.24) is 9.80 Å². The van der Waals surface area contributed by atoms with Crippen LogP contribution in [0.2, 0.25) is 0 Å². The minimum atomic E-state index is -1.20. The largest absolute Gasteiger partial charge is 0.480 e. The second kappa shape index (κ2) is 10.3. The van der Waals surface area contributed by atoms with E-state index in [0.717, 1.165) is 23.1 Å². The molecule has 2 fully saturated rings. The second-order valence-electron chi connectivity index (χ2n) is 10.1. The number of likely N-dealkylation sites (tertiary alicyclic amines) is 1. The number of carbonyl (C=O) groups excluding carboxylic acids is 2. The quantitative estimate of drug-likeness (QED) is 0.472. The molecule has 0 unspecified atom stereocenters. The van der Waals surface area contributed by atoms with Gasteiger partial charge in [-0.2, -0.15) is 0 Å². The van der Waals surface area contributed by atoms with Crippen LogP contribution in [-0.2, 0) is 16.1 Å². The van der Waals surface area contributed by atoms with E-state index in [1.54, 1.807) is 9.80 Å². The molecular formula is C31H29N3O5. The zero-order valence-corrected chi connectivity index (χ0v) is 21.3. The summed E-state index contributed by atoms with van der Waals surface area (Å²) in [5.74, 6) is -1.14. The van der Waals surface area contributed by atoms with Gasteiger partial charge in [-0.25, -0.2) is 14.4 Å². The summed E-state index contributed by atoms with van der Waals surface area (Å²) in [7, 11) is 0. The summed E-state index contributed by atoms with van der Waals surface area (Å²) >= 11 is 0. The predicted octanol–water partition coefficient (Wildman–Crippen LogP) is 5.76. The average Bonchev–Trinajstić information content (AvgIpc) is 3.12. The lowest BCUT2D eigenvalue weighted by molar-refractivity contribution is -0.149. The van der Waals surface area contributed by atoms with E-state index >= 15 is 0 Å². The fourth-order valence-corrected chi connectivity index (χ4v) is 6.03. The summed E-state index contributed by atoms with van der Waals surface area (Å²) in [6.07, 6.45) is 5.32. The lowest BCUT2D eigenvalue weighted by Gasteiger charge is -2.52. The van der Waals surface area contributed by atoms with Crippen molar-refractivity contribution in [3.8, 4) is 0 Å². The normalized spacial score (nSPS) is 21.4. The van der Waals surface area contributed by atoms with Crippen molar-refractivity contribution in [2.24, 2.45) is 0 Å². The summed E-state index contributed by atoms with van der Waals surface area (Å²) < 4.78 is 5.63. The number of carbonyl (C=O) groups is 3. The number of urea groups is 1. The van der Waals surface area contributed by atoms with Crippen LogP contribution < -0.4 is 4.90 Å². The van der Waals surface area contributed by atoms with Crippen molar-refractivity contribution in [2.45, 2.75) is 44.0 Å². The second-order valence-corrected chi connectivity index (χ2v) is 10.1. The fraction of sp³-hybridized carbons (Fsp3) is 0.258. The van der Waals surface area contributed by atoms with Gasteiger partial charge >= 0.3 is 18.1 Å². The molecule has 3 atom stereocenters. The smallest absolute Gasteiger partial charge is 0.410 e. The third-order valence-electron chi connectivity index (χ3n) is 7.80. The fourth-order valence-electron chi connectivity index (χ4n) is 6.03. The van der Waals surface area contributed by atoms with E-state index in [1.807, 2.05) is 91.0 Å². The van der Waals surface area contributed by atoms with Crippen molar-refractivity contribution in [3.05, 3.63) is 95.6 Å². The number of aliphatic carboxylic acids is 1. The van der Waals surface area contributed by atoms with Gasteiger partial charge in [0.15, 0.2) is 6.04 Å². The number of nitrogens with zero attached hydrogens (tertiary/aromatic N) is 3. The minimum Gasteiger partial charge on any atom is -0.480 e. The van der Waals surface area contributed by atoms with Gasteiger partial charge in [0, 0.05) is 6.54 Å². The minimum absolute atomic E-state index is 0.102. The van der Waals surface area contributed by atoms with Gasteiger partial charge in [0.2, 0.25) is 0 Å². The number of para-hydroxylation sites is 2. The molecule has 3 aliphatic heterocycles. The summed E-state index contributed by atoms with van der Waals surface area (Å²) in [5, 5.41) is 10.4. The molecule has 6 rings (SSSR count). The molecule has 0 radical (unpaired) electrons. The highest BCUT2D eigenvalue weighted by atomic mass is 16.6. The molecular weight excluding hydrogens is 494 g/mol. The SMILES string of the molecule is O=C(O)[C@@H]1[C@H]2CCC[C@@H](CN1C(=O)N1c3ccccc3C=Cc3ccccc31)N2C(=O)OCc1ccccc1. The topological polar surface area (TPSA) is 90.4 Å². The number of hydrogen-bond donors (Lipinski definition) is 1. The van der Waals surface area contributed by atoms with Gasteiger partial charge in [0.25, 0.3) is 0 Å². The van der Waals surface area contributed by atoms with Gasteiger partial charge in [-0.3, -0.25) is 9.80 Å². The Balaban J connectivity index is 1.33. The molecule has 2 bridgehead atoms. The Morgan fingerprint density at radius 3 is 2.08 bits per heavy atom. The highest BCUT2D eigenvalue weighted by Crippen LogP contribution is 2.40. The number of ether oxygens (including phenoxy) is 1. The average molecular weight is 524 g/mol. The molecule has 3 amide bonds. The zero-order chi connectivity index (χ0) is 26.9. The van der Waals surface area contributed by atoms with Gasteiger partial charge in [-0.15, -0.1) is 0 Å². The van der Waals surface area contributed by atoms with E-state index in [0.29, 0.717) is 24.2 Å². The Morgan fingerprint density at radius 2 is 1.44 bits per heavy atom. The number of rotatable bonds is 3. The summed E-state index contributed by atoms with van der Waals surface area (Å²) in [5.41, 5.74) is 3.94. The lowest BCUT2D eigenvalue weighted by Crippen LogP contribution is -2.71. The van der Waals surface area contributed by atoms with Crippen LogP contribution in [-0.4, -0.2) is 57.7 Å². The van der Waals surface area contributed by atoms with Gasteiger partial charge in [-0.05, 0) is 48.1 Å². The van der Waals surface area contributed by atoms with Crippen LogP contribution in [0.15, 0.2) is 78.9 Å². The first-order valence-electron chi connectivity index (χ1n) is 13.2. The van der Waals surface area contributed by atoms with Crippen molar-refractivity contribution in [3.63, 3.8) is 0 Å². The highest BCUT2D eigenvalue weighted by molar-refractivity contribution is 6.06. The number of benzene rings is 3. The molecule has 0 aromatic heterocycles. The number of anilines is 2. The van der Waals surface area contributed by atoms with Gasteiger partial charge in [-0.1, -0.05) is 78.9 Å². The van der Waals surface area contributed by atoms with Crippen molar-refractivity contribution >= 4 is 41.6 Å². The molecule has 8 nitrogen and oxygen atoms in total. The van der Waals surface area contributed by atoms with Gasteiger partial charge in [0.1, 0.15) is 6.61 Å². The molecule has 198 valence electrons. The van der Waals surface area contributed by atoms with Crippen LogP contribution in [0.5, 0.6) is 0 Å². The maximum Gasteiger partial charge on any atom is 0.410 e. The molecule has 0 saturated carbocycles. The van der Waals surface area contributed by atoms with E-state index in [2.05, 4.69) is 0 Å². The number of carboxylic acids is 1. The standard InChI is InChI=1S/C31H29N3O5/c35-29(36)28-27-16-8-13-24(33(27)31(38)39-20-21-9-2-1-3-10-21)19-32(28)30(37)34-25-14-6-4-11-22(25)17-18-23-12-5-7-15-26(23)34/h1-7,9-12,14-15,17-18,24,27-28H,8,13,16,19-20H2,(H,35,36)/t24-,27+,28-/m0/s1. The Kier molecular flexibility index (Phi) is 6.52. The maximum atomic E-state index is 14.4. The number of hydrogen-bond acceptors (Lipinski definition) is 4. The Hall–Kier alpha value is -4.59. The lowest BCUT2D eigenvalue weighted by atomic mass is 9.86. The van der Waals surface area contributed by atoms with Gasteiger partial charge in [0.05, 0.1) is 23.5 Å². The Bertz CT molecular complexity index is 1390. The molecule has 0 spiro atoms. The van der Waals surface area contributed by atoms with Crippen LogP contribution in [0.4, 0.5) is 21.0 Å². The molecule has 0 aliphatic carbocycles. The van der Waals surface area contributed by atoms with Crippen LogP contribution in [0.25, 0.3) is 12.2 Å². The third-order valence-corrected chi connectivity index (χ3v) is 7.80. The molecule has 1 N–H and O–H groups in total. The Morgan fingerprint density at radius 1 is 0.821 bits per heavy atom. The van der Waals surface area contributed by atoms with E-state index in [1.165, 1.54) is 4.90 Å². The van der Waals surface area contributed by atoms with E-state index in [-0.39, 0.29) is 19.2 Å². The van der Waals surface area contributed by atoms with E-state index in [9.17, 15) is 19.5 Å². The highest BCUT2D eigenvalue weighted by Gasteiger charge is 2.52. The molecule has 3 aromatic carbocycles. The van der Waals surface area contributed by atoms with Crippen molar-refractivity contribution < 1.29 is 24.2 Å². The van der Waals surface area contributed by atoms with Crippen LogP contribution in [0.1, 0.15) is 36.0 Å². The molecule has 3 aromatic rings. The summed E-state index contributed by atoms with van der Waals surface area (Å²) in [6.45, 7) is 0.214. The molecule has 3 heterocycles. The molecule has 2 saturated heterocycles. The van der Waals surface area contributed by atoms with Crippen LogP contribution in [0.3, 0.4) is 0 Å². The number of carboxylic acid groups (broad SMARTS) is 1. The van der Waals surface area contributed by atoms with E-state index < -0.39 is 30.2 Å². The van der Waals surface area contributed by atoms with Gasteiger partial charge < -0.3 is 14.7 Å². The van der Waals surface area contributed by atoms with Crippen molar-refractivity contribution in [2.75, 3.05) is 11.4 Å². The third kappa shape index (κ3) is 4.52. The maximum absolute atomic E-state index is 14.4. The van der Waals surface area contributed by atoms with Crippen LogP contribution >= 0.6 is 0 Å². The number of piperidine rings is 1. The monoisotopic (exact) mass is 523 g/mol. The zero-order valence-electron chi connectivity index (χ0n) is 21.3. The molecule has 39 heavy (non-hydrogen) atoms. The number of fused-ring (bicyclic) bond motifs is 4. The summed E-state index contributed by atoms with van der Waals surface area (Å²) in [6, 6.07) is 21.9. The predicted molar refractivity (Wildman–Crippen MR) is 147 cm³/mol. The number of amides is 3. The van der Waals surface area contributed by atoms with Crippen LogP contribution in [0, 0.1) is 0 Å². The molecule has 3 aliphatic rings. The number of piperazine rings is 1. The first kappa shape index (κ1) is 24.7.